The zero-order valence-corrected chi connectivity index (χ0v) is 15.6. The Balaban J connectivity index is 1.93. The molecule has 0 spiro atoms. The number of methoxy groups -OCH3 is 1. The molecule has 1 amide bonds. The van der Waals surface area contributed by atoms with Gasteiger partial charge in [-0.25, -0.2) is 9.97 Å². The van der Waals surface area contributed by atoms with E-state index in [2.05, 4.69) is 20.6 Å². The summed E-state index contributed by atoms with van der Waals surface area (Å²) in [5.41, 5.74) is 1.95. The molecule has 2 aromatic rings. The molecule has 0 fully saturated rings. The zero-order valence-electron chi connectivity index (χ0n) is 14.1. The van der Waals surface area contributed by atoms with Gasteiger partial charge in [0.05, 0.1) is 6.61 Å². The minimum Gasteiger partial charge on any atom is -0.383 e. The van der Waals surface area contributed by atoms with E-state index in [4.69, 9.17) is 27.9 Å². The van der Waals surface area contributed by atoms with E-state index in [1.54, 1.807) is 25.3 Å². The van der Waals surface area contributed by atoms with Gasteiger partial charge < -0.3 is 15.4 Å². The molecule has 1 heterocycles. The van der Waals surface area contributed by atoms with Gasteiger partial charge in [0, 0.05) is 35.9 Å². The molecule has 1 aromatic heterocycles. The number of amides is 1. The van der Waals surface area contributed by atoms with Gasteiger partial charge in [-0.05, 0) is 37.1 Å². The first-order valence-electron chi connectivity index (χ1n) is 7.80. The Bertz CT molecular complexity index is 741. The number of carbonyl (C=O) groups excluding carboxylic acids is 1. The Morgan fingerprint density at radius 2 is 2.00 bits per heavy atom. The average molecular weight is 383 g/mol. The number of halogens is 2. The van der Waals surface area contributed by atoms with Gasteiger partial charge in [-0.2, -0.15) is 0 Å². The van der Waals surface area contributed by atoms with Crippen molar-refractivity contribution in [3.05, 3.63) is 51.3 Å². The molecule has 0 saturated heterocycles. The molecule has 0 aliphatic heterocycles. The minimum absolute atomic E-state index is 0.259. The maximum absolute atomic E-state index is 12.3. The number of aromatic nitrogens is 2. The van der Waals surface area contributed by atoms with E-state index in [0.717, 1.165) is 5.56 Å². The van der Waals surface area contributed by atoms with E-state index >= 15 is 0 Å². The van der Waals surface area contributed by atoms with Crippen LogP contribution in [-0.2, 0) is 11.2 Å². The highest BCUT2D eigenvalue weighted by atomic mass is 35.5. The van der Waals surface area contributed by atoms with Crippen molar-refractivity contribution < 1.29 is 9.53 Å². The van der Waals surface area contributed by atoms with Gasteiger partial charge >= 0.3 is 0 Å². The lowest BCUT2D eigenvalue weighted by Gasteiger charge is -2.09. The van der Waals surface area contributed by atoms with Crippen LogP contribution in [0.25, 0.3) is 0 Å². The Morgan fingerprint density at radius 3 is 2.72 bits per heavy atom. The predicted octanol–water partition coefficient (Wildman–Crippen LogP) is 3.12. The molecule has 0 atom stereocenters. The lowest BCUT2D eigenvalue weighted by Crippen LogP contribution is -2.27. The van der Waals surface area contributed by atoms with Crippen molar-refractivity contribution in [2.45, 2.75) is 13.3 Å². The smallest absolute Gasteiger partial charge is 0.270 e. The lowest BCUT2D eigenvalue weighted by atomic mass is 10.1. The van der Waals surface area contributed by atoms with Crippen LogP contribution in [-0.4, -0.2) is 42.7 Å². The van der Waals surface area contributed by atoms with Gasteiger partial charge in [0.15, 0.2) is 0 Å². The summed E-state index contributed by atoms with van der Waals surface area (Å²) in [5, 5.41) is 7.03. The molecule has 2 N–H and O–H groups in total. The van der Waals surface area contributed by atoms with Gasteiger partial charge in [-0.3, -0.25) is 4.79 Å². The van der Waals surface area contributed by atoms with Crippen molar-refractivity contribution in [3.8, 4) is 0 Å². The van der Waals surface area contributed by atoms with Crippen molar-refractivity contribution in [3.63, 3.8) is 0 Å². The molecule has 0 unspecified atom stereocenters. The van der Waals surface area contributed by atoms with Crippen molar-refractivity contribution in [1.82, 2.24) is 15.3 Å². The first kappa shape index (κ1) is 19.4. The Kier molecular flexibility index (Phi) is 7.43. The van der Waals surface area contributed by atoms with Crippen LogP contribution in [0.4, 0.5) is 5.95 Å². The maximum atomic E-state index is 12.3. The first-order chi connectivity index (χ1) is 12.0. The number of nitrogens with one attached hydrogen (secondary N) is 2. The van der Waals surface area contributed by atoms with E-state index in [1.165, 1.54) is 0 Å². The van der Waals surface area contributed by atoms with E-state index in [0.29, 0.717) is 53.5 Å². The third-order valence-corrected chi connectivity index (χ3v) is 3.96. The Hall–Kier alpha value is -1.89. The molecule has 134 valence electrons. The highest BCUT2D eigenvalue weighted by Gasteiger charge is 2.10. The number of nitrogens with zero attached hydrogens (tertiary/aromatic N) is 2. The third kappa shape index (κ3) is 6.16. The number of rotatable bonds is 8. The number of benzene rings is 1. The first-order valence-corrected chi connectivity index (χ1v) is 8.56. The summed E-state index contributed by atoms with van der Waals surface area (Å²) in [6, 6.07) is 6.96. The molecule has 0 radical (unpaired) electrons. The number of hydrogen-bond acceptors (Lipinski definition) is 5. The second-order valence-corrected chi connectivity index (χ2v) is 6.22. The monoisotopic (exact) mass is 382 g/mol. The summed E-state index contributed by atoms with van der Waals surface area (Å²) in [5.74, 6) is 0.147. The fraction of sp³-hybridized carbons (Fsp3) is 0.353. The lowest BCUT2D eigenvalue weighted by molar-refractivity contribution is 0.0949. The second-order valence-electron chi connectivity index (χ2n) is 5.38. The predicted molar refractivity (Wildman–Crippen MR) is 99.6 cm³/mol. The van der Waals surface area contributed by atoms with Crippen LogP contribution in [0.3, 0.4) is 0 Å². The van der Waals surface area contributed by atoms with Crippen molar-refractivity contribution in [1.29, 1.82) is 0 Å². The van der Waals surface area contributed by atoms with E-state index in [1.807, 2.05) is 13.0 Å². The standard InChI is InChI=1S/C17H20Cl2N4O2/c1-11-9-15(23-17(22-11)21-7-8-25-2)16(24)20-6-5-12-3-4-13(18)10-14(12)19/h3-4,9-10H,5-8H2,1-2H3,(H,20,24)(H,21,22,23). The van der Waals surface area contributed by atoms with Crippen LogP contribution in [0.15, 0.2) is 24.3 Å². The van der Waals surface area contributed by atoms with Crippen LogP contribution >= 0.6 is 23.2 Å². The SMILES string of the molecule is COCCNc1nc(C)cc(C(=O)NCCc2ccc(Cl)cc2Cl)n1. The van der Waals surface area contributed by atoms with Gasteiger partial charge in [0.25, 0.3) is 5.91 Å². The number of anilines is 1. The topological polar surface area (TPSA) is 76.1 Å². The molecule has 1 aromatic carbocycles. The van der Waals surface area contributed by atoms with Crippen LogP contribution < -0.4 is 10.6 Å². The third-order valence-electron chi connectivity index (χ3n) is 3.37. The summed E-state index contributed by atoms with van der Waals surface area (Å²) < 4.78 is 4.97. The largest absolute Gasteiger partial charge is 0.383 e. The molecule has 8 heteroatoms. The molecule has 0 saturated carbocycles. The summed E-state index contributed by atoms with van der Waals surface area (Å²) >= 11 is 12.0. The molecule has 0 bridgehead atoms. The summed E-state index contributed by atoms with van der Waals surface area (Å²) in [7, 11) is 1.62. The Labute approximate surface area is 156 Å². The fourth-order valence-corrected chi connectivity index (χ4v) is 2.66. The molecule has 0 aliphatic carbocycles. The van der Waals surface area contributed by atoms with Gasteiger partial charge in [-0.1, -0.05) is 29.3 Å². The average Bonchev–Trinajstić information content (AvgIpc) is 2.56. The highest BCUT2D eigenvalue weighted by Crippen LogP contribution is 2.21. The molecular weight excluding hydrogens is 363 g/mol. The fourth-order valence-electron chi connectivity index (χ4n) is 2.15. The summed E-state index contributed by atoms with van der Waals surface area (Å²) in [6.07, 6.45) is 0.602. The van der Waals surface area contributed by atoms with Crippen LogP contribution in [0, 0.1) is 6.92 Å². The van der Waals surface area contributed by atoms with E-state index < -0.39 is 0 Å². The van der Waals surface area contributed by atoms with Crippen molar-refractivity contribution in [2.75, 3.05) is 32.1 Å². The Morgan fingerprint density at radius 1 is 1.20 bits per heavy atom. The van der Waals surface area contributed by atoms with Crippen LogP contribution in [0.5, 0.6) is 0 Å². The van der Waals surface area contributed by atoms with Crippen LogP contribution in [0.2, 0.25) is 10.0 Å². The maximum Gasteiger partial charge on any atom is 0.270 e. The molecular formula is C17H20Cl2N4O2. The zero-order chi connectivity index (χ0) is 18.2. The number of carbonyl (C=O) groups is 1. The molecule has 0 aliphatic rings. The van der Waals surface area contributed by atoms with Crippen LogP contribution in [0.1, 0.15) is 21.7 Å². The van der Waals surface area contributed by atoms with Gasteiger partial charge in [0.2, 0.25) is 5.95 Å². The van der Waals surface area contributed by atoms with Gasteiger partial charge in [0.1, 0.15) is 5.69 Å². The molecule has 6 nitrogen and oxygen atoms in total. The second kappa shape index (κ2) is 9.56. The highest BCUT2D eigenvalue weighted by molar-refractivity contribution is 6.35. The summed E-state index contributed by atoms with van der Waals surface area (Å²) in [6.45, 7) is 3.35. The van der Waals surface area contributed by atoms with Crippen molar-refractivity contribution >= 4 is 35.1 Å². The number of hydrogen-bond donors (Lipinski definition) is 2. The quantitative estimate of drug-likeness (QED) is 0.685. The minimum atomic E-state index is -0.259. The number of aryl methyl sites for hydroxylation is 1. The van der Waals surface area contributed by atoms with Gasteiger partial charge in [-0.15, -0.1) is 0 Å². The van der Waals surface area contributed by atoms with Crippen molar-refractivity contribution in [2.24, 2.45) is 0 Å². The summed E-state index contributed by atoms with van der Waals surface area (Å²) in [4.78, 5) is 20.8. The number of ether oxygens (including phenoxy) is 1. The molecule has 2 rings (SSSR count). The molecule has 25 heavy (non-hydrogen) atoms. The normalized spacial score (nSPS) is 10.6. The van der Waals surface area contributed by atoms with E-state index in [9.17, 15) is 4.79 Å². The van der Waals surface area contributed by atoms with E-state index in [-0.39, 0.29) is 5.91 Å².